The first-order valence-electron chi connectivity index (χ1n) is 5.10. The van der Waals surface area contributed by atoms with Gasteiger partial charge in [0.05, 0.1) is 0 Å². The Balaban J connectivity index is 2.27. The fraction of sp³-hybridized carbons (Fsp3) is 0.333. The minimum Gasteiger partial charge on any atom is -0.469 e. The second-order valence-electron chi connectivity index (χ2n) is 3.48. The first kappa shape index (κ1) is 9.90. The molecule has 0 saturated heterocycles. The van der Waals surface area contributed by atoms with E-state index in [1.807, 2.05) is 37.3 Å². The monoisotopic (exact) mass is 203 g/mol. The van der Waals surface area contributed by atoms with Gasteiger partial charge in [-0.25, -0.2) is 4.99 Å². The maximum Gasteiger partial charge on any atom is 0.217 e. The number of ether oxygens (including phenoxy) is 1. The van der Waals surface area contributed by atoms with Gasteiger partial charge in [0.1, 0.15) is 6.04 Å². The number of rotatable bonds is 2. The van der Waals surface area contributed by atoms with Crippen LogP contribution in [0.15, 0.2) is 35.3 Å². The van der Waals surface area contributed by atoms with E-state index in [0.29, 0.717) is 5.90 Å². The van der Waals surface area contributed by atoms with E-state index < -0.39 is 0 Å². The summed E-state index contributed by atoms with van der Waals surface area (Å²) in [6.45, 7) is 2.10. The van der Waals surface area contributed by atoms with Gasteiger partial charge >= 0.3 is 0 Å². The first-order chi connectivity index (χ1) is 7.31. The molecule has 1 aliphatic rings. The molecule has 3 heteroatoms. The second kappa shape index (κ2) is 4.26. The molecule has 3 nitrogen and oxygen atoms in total. The van der Waals surface area contributed by atoms with E-state index in [-0.39, 0.29) is 18.4 Å². The van der Waals surface area contributed by atoms with Gasteiger partial charge in [0.15, 0.2) is 12.4 Å². The molecule has 0 amide bonds. The molecular formula is C12H13NO2. The summed E-state index contributed by atoms with van der Waals surface area (Å²) in [6.07, 6.45) is 0.735. The summed E-state index contributed by atoms with van der Waals surface area (Å²) in [5.74, 6) is 0.652. The first-order valence-corrected chi connectivity index (χ1v) is 5.10. The number of nitrogens with zero attached hydrogens (tertiary/aromatic N) is 1. The molecule has 1 aromatic carbocycles. The SMILES string of the molecule is CCC1N=C(c2ccccc2)OCC1=O. The summed E-state index contributed by atoms with van der Waals surface area (Å²) >= 11 is 0. The molecule has 1 aliphatic heterocycles. The van der Waals surface area contributed by atoms with Crippen molar-refractivity contribution in [2.75, 3.05) is 6.61 Å². The predicted octanol–water partition coefficient (Wildman–Crippen LogP) is 1.81. The lowest BCUT2D eigenvalue weighted by molar-refractivity contribution is -0.123. The van der Waals surface area contributed by atoms with Crippen LogP contribution in [0.4, 0.5) is 0 Å². The number of carbonyl (C=O) groups is 1. The summed E-state index contributed by atoms with van der Waals surface area (Å²) < 4.78 is 5.31. The van der Waals surface area contributed by atoms with Crippen LogP contribution in [0.5, 0.6) is 0 Å². The van der Waals surface area contributed by atoms with Crippen LogP contribution < -0.4 is 0 Å². The van der Waals surface area contributed by atoms with Crippen molar-refractivity contribution in [1.29, 1.82) is 0 Å². The molecule has 1 aromatic rings. The zero-order chi connectivity index (χ0) is 10.7. The minimum atomic E-state index is -0.228. The zero-order valence-electron chi connectivity index (χ0n) is 8.64. The van der Waals surface area contributed by atoms with Gasteiger partial charge < -0.3 is 4.74 Å². The molecule has 0 N–H and O–H groups in total. The highest BCUT2D eigenvalue weighted by Crippen LogP contribution is 2.12. The molecule has 15 heavy (non-hydrogen) atoms. The quantitative estimate of drug-likeness (QED) is 0.735. The molecular weight excluding hydrogens is 190 g/mol. The van der Waals surface area contributed by atoms with E-state index in [0.717, 1.165) is 12.0 Å². The molecule has 0 spiro atoms. The molecule has 1 heterocycles. The third kappa shape index (κ3) is 2.06. The van der Waals surface area contributed by atoms with E-state index in [9.17, 15) is 4.79 Å². The standard InChI is InChI=1S/C12H13NO2/c1-2-10-11(14)8-15-12(13-10)9-6-4-3-5-7-9/h3-7,10H,2,8H2,1H3. The number of hydrogen-bond donors (Lipinski definition) is 0. The summed E-state index contributed by atoms with van der Waals surface area (Å²) in [4.78, 5) is 15.7. The molecule has 2 rings (SSSR count). The van der Waals surface area contributed by atoms with Crippen molar-refractivity contribution in [3.05, 3.63) is 35.9 Å². The normalized spacial score (nSPS) is 20.7. The lowest BCUT2D eigenvalue weighted by Crippen LogP contribution is -2.31. The molecule has 0 radical (unpaired) electrons. The average Bonchev–Trinajstić information content (AvgIpc) is 2.31. The molecule has 0 saturated carbocycles. The molecule has 0 fully saturated rings. The molecule has 1 atom stereocenters. The van der Waals surface area contributed by atoms with E-state index in [2.05, 4.69) is 4.99 Å². The number of carbonyl (C=O) groups excluding carboxylic acids is 1. The van der Waals surface area contributed by atoms with Crippen molar-refractivity contribution in [3.63, 3.8) is 0 Å². The Morgan fingerprint density at radius 1 is 1.40 bits per heavy atom. The van der Waals surface area contributed by atoms with Crippen LogP contribution in [0.2, 0.25) is 0 Å². The van der Waals surface area contributed by atoms with Gasteiger partial charge in [0.2, 0.25) is 5.90 Å². The Kier molecular flexibility index (Phi) is 2.81. The predicted molar refractivity (Wildman–Crippen MR) is 58.0 cm³/mol. The maximum absolute atomic E-state index is 11.4. The third-order valence-corrected chi connectivity index (χ3v) is 2.40. The van der Waals surface area contributed by atoms with Gasteiger partial charge in [0.25, 0.3) is 0 Å². The second-order valence-corrected chi connectivity index (χ2v) is 3.48. The Morgan fingerprint density at radius 3 is 2.80 bits per heavy atom. The van der Waals surface area contributed by atoms with Gasteiger partial charge in [-0.1, -0.05) is 25.1 Å². The van der Waals surface area contributed by atoms with Crippen molar-refractivity contribution in [3.8, 4) is 0 Å². The van der Waals surface area contributed by atoms with E-state index in [1.165, 1.54) is 0 Å². The summed E-state index contributed by atoms with van der Waals surface area (Å²) in [5, 5.41) is 0. The summed E-state index contributed by atoms with van der Waals surface area (Å²) in [6, 6.07) is 9.43. The van der Waals surface area contributed by atoms with Gasteiger partial charge in [0, 0.05) is 5.56 Å². The molecule has 0 bridgehead atoms. The van der Waals surface area contributed by atoms with E-state index in [4.69, 9.17) is 4.74 Å². The van der Waals surface area contributed by atoms with E-state index >= 15 is 0 Å². The number of ketones is 1. The lowest BCUT2D eigenvalue weighted by atomic mass is 10.1. The van der Waals surface area contributed by atoms with Crippen LogP contribution in [0.25, 0.3) is 0 Å². The summed E-state index contributed by atoms with van der Waals surface area (Å²) in [5.41, 5.74) is 0.934. The number of aliphatic imine (C=N–C) groups is 1. The highest BCUT2D eigenvalue weighted by atomic mass is 16.5. The van der Waals surface area contributed by atoms with Crippen molar-refractivity contribution in [2.24, 2.45) is 4.99 Å². The highest BCUT2D eigenvalue weighted by Gasteiger charge is 2.23. The lowest BCUT2D eigenvalue weighted by Gasteiger charge is -2.19. The van der Waals surface area contributed by atoms with Gasteiger partial charge in [-0.15, -0.1) is 0 Å². The van der Waals surface area contributed by atoms with Crippen molar-refractivity contribution in [2.45, 2.75) is 19.4 Å². The number of Topliss-reactive ketones (excluding diaryl/α,β-unsaturated/α-hetero) is 1. The third-order valence-electron chi connectivity index (χ3n) is 2.40. The average molecular weight is 203 g/mol. The van der Waals surface area contributed by atoms with Gasteiger partial charge in [-0.2, -0.15) is 0 Å². The number of hydrogen-bond acceptors (Lipinski definition) is 3. The van der Waals surface area contributed by atoms with Crippen LogP contribution in [0.1, 0.15) is 18.9 Å². The number of benzene rings is 1. The van der Waals surface area contributed by atoms with Crippen LogP contribution in [-0.4, -0.2) is 24.3 Å². The Labute approximate surface area is 88.8 Å². The van der Waals surface area contributed by atoms with Crippen LogP contribution in [0, 0.1) is 0 Å². The fourth-order valence-corrected chi connectivity index (χ4v) is 1.54. The van der Waals surface area contributed by atoms with Crippen molar-refractivity contribution >= 4 is 11.7 Å². The zero-order valence-corrected chi connectivity index (χ0v) is 8.64. The molecule has 0 aromatic heterocycles. The minimum absolute atomic E-state index is 0.0668. The smallest absolute Gasteiger partial charge is 0.217 e. The van der Waals surface area contributed by atoms with Crippen LogP contribution in [-0.2, 0) is 9.53 Å². The van der Waals surface area contributed by atoms with E-state index in [1.54, 1.807) is 0 Å². The molecule has 1 unspecified atom stereocenters. The maximum atomic E-state index is 11.4. The van der Waals surface area contributed by atoms with Crippen molar-refractivity contribution < 1.29 is 9.53 Å². The highest BCUT2D eigenvalue weighted by molar-refractivity contribution is 6.00. The fourth-order valence-electron chi connectivity index (χ4n) is 1.54. The Bertz CT molecular complexity index is 384. The van der Waals surface area contributed by atoms with Crippen molar-refractivity contribution in [1.82, 2.24) is 0 Å². The summed E-state index contributed by atoms with van der Waals surface area (Å²) in [7, 11) is 0. The Morgan fingerprint density at radius 2 is 2.13 bits per heavy atom. The molecule has 0 aliphatic carbocycles. The van der Waals surface area contributed by atoms with Gasteiger partial charge in [-0.3, -0.25) is 4.79 Å². The van der Waals surface area contributed by atoms with Crippen LogP contribution >= 0.6 is 0 Å². The van der Waals surface area contributed by atoms with Crippen LogP contribution in [0.3, 0.4) is 0 Å². The van der Waals surface area contributed by atoms with Gasteiger partial charge in [-0.05, 0) is 18.6 Å². The Hall–Kier alpha value is -1.64. The topological polar surface area (TPSA) is 38.7 Å². The largest absolute Gasteiger partial charge is 0.469 e. The molecule has 78 valence electrons.